The minimum Gasteiger partial charge on any atom is -0.361 e. The number of urea groups is 1. The van der Waals surface area contributed by atoms with Gasteiger partial charge in [0.05, 0.1) is 0 Å². The monoisotopic (exact) mass is 340 g/mol. The topological polar surface area (TPSA) is 42.6 Å². The first-order valence-electron chi connectivity index (χ1n) is 9.59. The van der Waals surface area contributed by atoms with Crippen LogP contribution in [0.15, 0.2) is 30.5 Å². The van der Waals surface area contributed by atoms with E-state index in [1.807, 2.05) is 4.90 Å². The number of aromatic amines is 1. The third kappa shape index (κ3) is 3.25. The van der Waals surface area contributed by atoms with Crippen LogP contribution in [0.4, 0.5) is 4.79 Å². The average Bonchev–Trinajstić information content (AvgIpc) is 3.24. The maximum absolute atomic E-state index is 12.4. The Morgan fingerprint density at radius 2 is 1.92 bits per heavy atom. The summed E-state index contributed by atoms with van der Waals surface area (Å²) in [5.74, 6) is 0. The number of benzene rings is 1. The summed E-state index contributed by atoms with van der Waals surface area (Å²) in [4.78, 5) is 22.4. The van der Waals surface area contributed by atoms with Gasteiger partial charge in [-0.1, -0.05) is 18.2 Å². The van der Waals surface area contributed by atoms with Crippen molar-refractivity contribution in [2.24, 2.45) is 0 Å². The van der Waals surface area contributed by atoms with Crippen molar-refractivity contribution in [2.75, 3.05) is 39.3 Å². The van der Waals surface area contributed by atoms with E-state index < -0.39 is 0 Å². The zero-order valence-corrected chi connectivity index (χ0v) is 15.1. The molecule has 2 saturated heterocycles. The van der Waals surface area contributed by atoms with Gasteiger partial charge in [0.25, 0.3) is 0 Å². The molecule has 0 aliphatic carbocycles. The Kier molecular flexibility index (Phi) is 4.66. The van der Waals surface area contributed by atoms with Gasteiger partial charge in [0, 0.05) is 62.4 Å². The van der Waals surface area contributed by atoms with Crippen LogP contribution >= 0.6 is 0 Å². The number of nitrogens with zero attached hydrogens (tertiary/aromatic N) is 3. The van der Waals surface area contributed by atoms with Crippen LogP contribution in [0.3, 0.4) is 0 Å². The van der Waals surface area contributed by atoms with Crippen molar-refractivity contribution >= 4 is 16.9 Å². The van der Waals surface area contributed by atoms with Gasteiger partial charge >= 0.3 is 6.03 Å². The number of amides is 2. The minimum atomic E-state index is 0.250. The van der Waals surface area contributed by atoms with Crippen LogP contribution in [0.2, 0.25) is 0 Å². The zero-order chi connectivity index (χ0) is 17.2. The maximum Gasteiger partial charge on any atom is 0.320 e. The third-order valence-corrected chi connectivity index (χ3v) is 5.88. The smallest absolute Gasteiger partial charge is 0.320 e. The number of aromatic nitrogens is 1. The molecule has 5 heteroatoms. The highest BCUT2D eigenvalue weighted by Gasteiger charge is 2.34. The van der Waals surface area contributed by atoms with Crippen molar-refractivity contribution < 1.29 is 4.79 Å². The van der Waals surface area contributed by atoms with Gasteiger partial charge in [0.1, 0.15) is 0 Å². The summed E-state index contributed by atoms with van der Waals surface area (Å²) in [5, 5.41) is 1.35. The zero-order valence-electron chi connectivity index (χ0n) is 15.1. The number of carbonyl (C=O) groups excluding carboxylic acids is 1. The lowest BCUT2D eigenvalue weighted by molar-refractivity contribution is 0.131. The molecule has 4 rings (SSSR count). The molecule has 1 N–H and O–H groups in total. The lowest BCUT2D eigenvalue weighted by Gasteiger charge is -2.36. The standard InChI is InChI=1S/C20H28N4O/c1-2-23-13-14-24(20(23)25)17-8-11-22(12-9-17)10-7-16-15-21-19-6-4-3-5-18(16)19/h3-6,15,17,21H,2,7-14H2,1H3. The summed E-state index contributed by atoms with van der Waals surface area (Å²) < 4.78 is 0. The summed E-state index contributed by atoms with van der Waals surface area (Å²) in [5.41, 5.74) is 2.63. The van der Waals surface area contributed by atoms with Gasteiger partial charge in [0.15, 0.2) is 0 Å². The molecule has 25 heavy (non-hydrogen) atoms. The molecule has 0 unspecified atom stereocenters. The molecule has 3 heterocycles. The van der Waals surface area contributed by atoms with Gasteiger partial charge in [-0.05, 0) is 37.8 Å². The third-order valence-electron chi connectivity index (χ3n) is 5.88. The number of piperidine rings is 1. The maximum atomic E-state index is 12.4. The molecule has 1 aromatic heterocycles. The van der Waals surface area contributed by atoms with Crippen molar-refractivity contribution in [3.8, 4) is 0 Å². The Morgan fingerprint density at radius 1 is 1.12 bits per heavy atom. The molecule has 134 valence electrons. The van der Waals surface area contributed by atoms with Crippen molar-refractivity contribution in [2.45, 2.75) is 32.2 Å². The van der Waals surface area contributed by atoms with E-state index in [1.165, 1.54) is 16.5 Å². The van der Waals surface area contributed by atoms with Crippen molar-refractivity contribution in [1.82, 2.24) is 19.7 Å². The molecule has 2 aliphatic heterocycles. The molecule has 0 spiro atoms. The van der Waals surface area contributed by atoms with Crippen LogP contribution in [0.5, 0.6) is 0 Å². The molecule has 2 aliphatic rings. The summed E-state index contributed by atoms with van der Waals surface area (Å²) in [6.07, 6.45) is 5.45. The average molecular weight is 340 g/mol. The summed E-state index contributed by atoms with van der Waals surface area (Å²) in [6.45, 7) is 8.01. The van der Waals surface area contributed by atoms with Crippen LogP contribution < -0.4 is 0 Å². The fourth-order valence-electron chi connectivity index (χ4n) is 4.31. The van der Waals surface area contributed by atoms with Crippen LogP contribution in [0.25, 0.3) is 10.9 Å². The molecule has 2 fully saturated rings. The van der Waals surface area contributed by atoms with Crippen LogP contribution in [-0.4, -0.2) is 71.0 Å². The minimum absolute atomic E-state index is 0.250. The van der Waals surface area contributed by atoms with Crippen molar-refractivity contribution in [1.29, 1.82) is 0 Å². The normalized spacial score (nSPS) is 20.1. The second kappa shape index (κ2) is 7.08. The Hall–Kier alpha value is -2.01. The van der Waals surface area contributed by atoms with E-state index in [-0.39, 0.29) is 6.03 Å². The number of nitrogens with one attached hydrogen (secondary N) is 1. The van der Waals surface area contributed by atoms with Crippen LogP contribution in [0, 0.1) is 0 Å². The number of H-pyrrole nitrogens is 1. The number of hydrogen-bond acceptors (Lipinski definition) is 2. The quantitative estimate of drug-likeness (QED) is 0.909. The fraction of sp³-hybridized carbons (Fsp3) is 0.550. The first-order valence-corrected chi connectivity index (χ1v) is 9.59. The molecule has 0 atom stereocenters. The van der Waals surface area contributed by atoms with Crippen molar-refractivity contribution in [3.05, 3.63) is 36.0 Å². The van der Waals surface area contributed by atoms with Crippen molar-refractivity contribution in [3.63, 3.8) is 0 Å². The summed E-state index contributed by atoms with van der Waals surface area (Å²) in [6, 6.07) is 9.21. The molecule has 2 amide bonds. The molecule has 0 radical (unpaired) electrons. The molecule has 0 saturated carbocycles. The Bertz CT molecular complexity index is 732. The van der Waals surface area contributed by atoms with E-state index in [0.717, 1.165) is 58.5 Å². The van der Waals surface area contributed by atoms with E-state index >= 15 is 0 Å². The van der Waals surface area contributed by atoms with Crippen LogP contribution in [0.1, 0.15) is 25.3 Å². The van der Waals surface area contributed by atoms with Gasteiger partial charge in [-0.2, -0.15) is 0 Å². The predicted octanol–water partition coefficient (Wildman–Crippen LogP) is 2.93. The van der Waals surface area contributed by atoms with E-state index in [9.17, 15) is 4.79 Å². The lowest BCUT2D eigenvalue weighted by Crippen LogP contribution is -2.46. The SMILES string of the molecule is CCN1CCN(C2CCN(CCc3c[nH]c4ccccc34)CC2)C1=O. The molecule has 5 nitrogen and oxygen atoms in total. The lowest BCUT2D eigenvalue weighted by atomic mass is 10.0. The number of rotatable bonds is 5. The molecule has 2 aromatic rings. The highest BCUT2D eigenvalue weighted by molar-refractivity contribution is 5.83. The largest absolute Gasteiger partial charge is 0.361 e. The second-order valence-electron chi connectivity index (χ2n) is 7.24. The second-order valence-corrected chi connectivity index (χ2v) is 7.24. The fourth-order valence-corrected chi connectivity index (χ4v) is 4.31. The van der Waals surface area contributed by atoms with Gasteiger partial charge in [-0.15, -0.1) is 0 Å². The Balaban J connectivity index is 1.29. The Morgan fingerprint density at radius 3 is 2.68 bits per heavy atom. The summed E-state index contributed by atoms with van der Waals surface area (Å²) in [7, 11) is 0. The highest BCUT2D eigenvalue weighted by Crippen LogP contribution is 2.22. The molecular weight excluding hydrogens is 312 g/mol. The van der Waals surface area contributed by atoms with E-state index in [2.05, 4.69) is 52.2 Å². The number of fused-ring (bicyclic) bond motifs is 1. The number of para-hydroxylation sites is 1. The predicted molar refractivity (Wildman–Crippen MR) is 101 cm³/mol. The summed E-state index contributed by atoms with van der Waals surface area (Å²) >= 11 is 0. The Labute approximate surface area is 149 Å². The number of hydrogen-bond donors (Lipinski definition) is 1. The van der Waals surface area contributed by atoms with Gasteiger partial charge in [-0.25, -0.2) is 4.79 Å². The van der Waals surface area contributed by atoms with Crippen LogP contribution in [-0.2, 0) is 6.42 Å². The van der Waals surface area contributed by atoms with Gasteiger partial charge < -0.3 is 19.7 Å². The number of likely N-dealkylation sites (tertiary alicyclic amines) is 1. The highest BCUT2D eigenvalue weighted by atomic mass is 16.2. The van der Waals surface area contributed by atoms with Gasteiger partial charge in [-0.3, -0.25) is 0 Å². The molecular formula is C20H28N4O. The number of likely N-dealkylation sites (N-methyl/N-ethyl adjacent to an activating group) is 1. The number of carbonyl (C=O) groups is 1. The first kappa shape index (κ1) is 16.5. The molecule has 1 aromatic carbocycles. The van der Waals surface area contributed by atoms with E-state index in [4.69, 9.17) is 0 Å². The van der Waals surface area contributed by atoms with Gasteiger partial charge in [0.2, 0.25) is 0 Å². The first-order chi connectivity index (χ1) is 12.3. The molecule has 0 bridgehead atoms. The van der Waals surface area contributed by atoms with E-state index in [0.29, 0.717) is 6.04 Å². The van der Waals surface area contributed by atoms with E-state index in [1.54, 1.807) is 0 Å².